The minimum absolute atomic E-state index is 0.191. The predicted molar refractivity (Wildman–Crippen MR) is 232 cm³/mol. The minimum Gasteiger partial charge on any atom is -0.458 e. The molecule has 0 saturated heterocycles. The van der Waals surface area contributed by atoms with Crippen LogP contribution < -0.4 is 20.0 Å². The molecule has 1 aromatic heterocycles. The number of para-hydroxylation sites is 2. The quantitative estimate of drug-likeness (QED) is 0.164. The summed E-state index contributed by atoms with van der Waals surface area (Å²) in [6.07, 6.45) is 0. The molecule has 2 aliphatic rings. The van der Waals surface area contributed by atoms with Crippen molar-refractivity contribution in [1.82, 2.24) is 15.0 Å². The highest BCUT2D eigenvalue weighted by atomic mass is 28.3. The molecule has 2 aliphatic heterocycles. The van der Waals surface area contributed by atoms with Gasteiger partial charge in [0.05, 0.1) is 11.4 Å². The third-order valence-corrected chi connectivity index (χ3v) is 15.0. The number of anilines is 3. The van der Waals surface area contributed by atoms with E-state index in [1.54, 1.807) is 0 Å². The zero-order chi connectivity index (χ0) is 38.0. The molecule has 7 aromatic carbocycles. The van der Waals surface area contributed by atoms with Gasteiger partial charge < -0.3 is 9.64 Å². The molecule has 10 rings (SSSR count). The SMILES string of the molecule is CC1(C)c2ccccc2N(c2ccccc2)c2ccc(-c3ccc4c(c3)[Si](C)(C)c3cc(-c5nc(-c6ccccc6)nc(-c6ccccc6)n5)ccc3O4)cc21. The van der Waals surface area contributed by atoms with E-state index in [0.717, 1.165) is 33.9 Å². The van der Waals surface area contributed by atoms with Gasteiger partial charge in [0.25, 0.3) is 0 Å². The number of benzene rings is 7. The second-order valence-electron chi connectivity index (χ2n) is 15.7. The zero-order valence-corrected chi connectivity index (χ0v) is 32.9. The normalized spacial score (nSPS) is 14.5. The third-order valence-electron chi connectivity index (χ3n) is 11.6. The number of nitrogens with zero attached hydrogens (tertiary/aromatic N) is 4. The monoisotopic (exact) mass is 740 g/mol. The molecule has 56 heavy (non-hydrogen) atoms. The van der Waals surface area contributed by atoms with Gasteiger partial charge in [0, 0.05) is 27.8 Å². The Morgan fingerprint density at radius 3 is 1.54 bits per heavy atom. The first-order chi connectivity index (χ1) is 27.3. The van der Waals surface area contributed by atoms with Crippen molar-refractivity contribution in [2.24, 2.45) is 0 Å². The lowest BCUT2D eigenvalue weighted by Gasteiger charge is -2.42. The summed E-state index contributed by atoms with van der Waals surface area (Å²) < 4.78 is 6.68. The summed E-state index contributed by atoms with van der Waals surface area (Å²) in [4.78, 5) is 17.4. The Kier molecular flexibility index (Phi) is 7.87. The molecular weight excluding hydrogens is 701 g/mol. The van der Waals surface area contributed by atoms with Gasteiger partial charge in [-0.2, -0.15) is 0 Å². The van der Waals surface area contributed by atoms with Crippen LogP contribution in [0.15, 0.2) is 170 Å². The molecule has 5 nitrogen and oxygen atoms in total. The maximum atomic E-state index is 6.68. The number of rotatable bonds is 5. The molecule has 0 spiro atoms. The maximum Gasteiger partial charge on any atom is 0.164 e. The van der Waals surface area contributed by atoms with Gasteiger partial charge in [0.2, 0.25) is 0 Å². The maximum absolute atomic E-state index is 6.68. The van der Waals surface area contributed by atoms with Crippen LogP contribution in [0.1, 0.15) is 25.0 Å². The van der Waals surface area contributed by atoms with Gasteiger partial charge in [-0.05, 0) is 87.2 Å². The van der Waals surface area contributed by atoms with Crippen LogP contribution in [0, 0.1) is 0 Å². The van der Waals surface area contributed by atoms with Crippen LogP contribution in [-0.4, -0.2) is 23.0 Å². The second-order valence-corrected chi connectivity index (χ2v) is 20.1. The number of aromatic nitrogens is 3. The molecule has 0 unspecified atom stereocenters. The Labute approximate surface area is 329 Å². The Bertz CT molecular complexity index is 2730. The lowest BCUT2D eigenvalue weighted by atomic mass is 9.73. The highest BCUT2D eigenvalue weighted by molar-refractivity contribution is 7.01. The second kappa shape index (κ2) is 13.0. The summed E-state index contributed by atoms with van der Waals surface area (Å²) in [6, 6.07) is 59.9. The van der Waals surface area contributed by atoms with Gasteiger partial charge in [-0.1, -0.05) is 142 Å². The van der Waals surface area contributed by atoms with E-state index in [1.165, 1.54) is 44.0 Å². The highest BCUT2D eigenvalue weighted by Crippen LogP contribution is 2.52. The molecule has 0 fully saturated rings. The molecule has 8 aromatic rings. The molecule has 3 heterocycles. The summed E-state index contributed by atoms with van der Waals surface area (Å²) in [7, 11) is -2.28. The fourth-order valence-corrected chi connectivity index (χ4v) is 11.3. The van der Waals surface area contributed by atoms with E-state index in [9.17, 15) is 0 Å². The van der Waals surface area contributed by atoms with Gasteiger partial charge >= 0.3 is 0 Å². The van der Waals surface area contributed by atoms with Crippen LogP contribution in [0.2, 0.25) is 13.1 Å². The zero-order valence-electron chi connectivity index (χ0n) is 31.9. The van der Waals surface area contributed by atoms with Crippen LogP contribution >= 0.6 is 0 Å². The number of hydrogen-bond donors (Lipinski definition) is 0. The fraction of sp³-hybridized carbons (Fsp3) is 0.100. The minimum atomic E-state index is -2.28. The van der Waals surface area contributed by atoms with Crippen molar-refractivity contribution in [2.75, 3.05) is 4.90 Å². The highest BCUT2D eigenvalue weighted by Gasteiger charge is 2.39. The summed E-state index contributed by atoms with van der Waals surface area (Å²) >= 11 is 0. The summed E-state index contributed by atoms with van der Waals surface area (Å²) in [6.45, 7) is 9.54. The van der Waals surface area contributed by atoms with E-state index in [-0.39, 0.29) is 5.41 Å². The van der Waals surface area contributed by atoms with Crippen LogP contribution in [0.4, 0.5) is 17.1 Å². The smallest absolute Gasteiger partial charge is 0.164 e. The number of hydrogen-bond acceptors (Lipinski definition) is 5. The molecule has 0 saturated carbocycles. The first-order valence-corrected chi connectivity index (χ1v) is 22.2. The van der Waals surface area contributed by atoms with Crippen molar-refractivity contribution in [3.63, 3.8) is 0 Å². The van der Waals surface area contributed by atoms with Crippen molar-refractivity contribution in [3.05, 3.63) is 181 Å². The van der Waals surface area contributed by atoms with E-state index >= 15 is 0 Å². The topological polar surface area (TPSA) is 51.1 Å². The molecule has 0 aliphatic carbocycles. The fourth-order valence-electron chi connectivity index (χ4n) is 8.47. The van der Waals surface area contributed by atoms with Crippen molar-refractivity contribution >= 4 is 35.5 Å². The summed E-state index contributed by atoms with van der Waals surface area (Å²) in [5.41, 5.74) is 11.3. The Morgan fingerprint density at radius 1 is 0.446 bits per heavy atom. The third kappa shape index (κ3) is 5.56. The van der Waals surface area contributed by atoms with Crippen LogP contribution in [0.3, 0.4) is 0 Å². The van der Waals surface area contributed by atoms with Gasteiger partial charge in [0.1, 0.15) is 19.6 Å². The average Bonchev–Trinajstić information content (AvgIpc) is 3.24. The van der Waals surface area contributed by atoms with E-state index in [4.69, 9.17) is 19.7 Å². The van der Waals surface area contributed by atoms with Crippen molar-refractivity contribution in [2.45, 2.75) is 32.4 Å². The van der Waals surface area contributed by atoms with Gasteiger partial charge in [0.15, 0.2) is 17.5 Å². The predicted octanol–water partition coefficient (Wildman–Crippen LogP) is 11.6. The molecule has 0 amide bonds. The molecule has 270 valence electrons. The first kappa shape index (κ1) is 33.9. The van der Waals surface area contributed by atoms with Gasteiger partial charge in [-0.15, -0.1) is 0 Å². The van der Waals surface area contributed by atoms with Crippen LogP contribution in [-0.2, 0) is 5.41 Å². The van der Waals surface area contributed by atoms with E-state index in [1.807, 2.05) is 60.7 Å². The first-order valence-electron chi connectivity index (χ1n) is 19.2. The molecule has 6 heteroatoms. The van der Waals surface area contributed by atoms with Gasteiger partial charge in [-0.25, -0.2) is 15.0 Å². The molecule has 0 N–H and O–H groups in total. The lowest BCUT2D eigenvalue weighted by molar-refractivity contribution is 0.487. The van der Waals surface area contributed by atoms with E-state index in [0.29, 0.717) is 17.5 Å². The number of fused-ring (bicyclic) bond motifs is 4. The molecule has 0 radical (unpaired) electrons. The van der Waals surface area contributed by atoms with E-state index < -0.39 is 8.07 Å². The van der Waals surface area contributed by atoms with Gasteiger partial charge in [-0.3, -0.25) is 0 Å². The molecule has 0 atom stereocenters. The van der Waals surface area contributed by atoms with Crippen molar-refractivity contribution in [3.8, 4) is 56.8 Å². The largest absolute Gasteiger partial charge is 0.458 e. The standard InChI is InChI=1S/C50H40N4OSi/c1-50(2)39-22-14-15-23-41(39)54(38-20-12-7-13-21-38)42-27-24-35(30-40(42)50)36-25-28-43-45(31-36)56(3,4)46-32-37(26-29-44(46)55-43)49-52-47(33-16-8-5-9-17-33)51-48(53-49)34-18-10-6-11-19-34/h5-32H,1-4H3. The van der Waals surface area contributed by atoms with Crippen LogP contribution in [0.25, 0.3) is 45.3 Å². The molecular formula is C50H40N4OSi. The number of ether oxygens (including phenoxy) is 1. The Balaban J connectivity index is 1.05. The summed E-state index contributed by atoms with van der Waals surface area (Å²) in [5.74, 6) is 3.79. The van der Waals surface area contributed by atoms with E-state index in [2.05, 4.69) is 141 Å². The lowest BCUT2D eigenvalue weighted by Crippen LogP contribution is -2.56. The Hall–Kier alpha value is -6.63. The van der Waals surface area contributed by atoms with Crippen molar-refractivity contribution in [1.29, 1.82) is 0 Å². The van der Waals surface area contributed by atoms with Crippen LogP contribution in [0.5, 0.6) is 11.5 Å². The van der Waals surface area contributed by atoms with Crippen molar-refractivity contribution < 1.29 is 4.74 Å². The average molecular weight is 741 g/mol. The Morgan fingerprint density at radius 2 is 0.911 bits per heavy atom. The molecule has 0 bridgehead atoms. The summed E-state index contributed by atoms with van der Waals surface area (Å²) in [5, 5.41) is 2.50.